The highest BCUT2D eigenvalue weighted by molar-refractivity contribution is 5.89. The molecule has 0 spiro atoms. The number of nitrogens with one attached hydrogen (secondary N) is 2. The lowest BCUT2D eigenvalue weighted by Crippen LogP contribution is -2.18. The largest absolute Gasteiger partial charge is 0.464 e. The van der Waals surface area contributed by atoms with Crippen molar-refractivity contribution >= 4 is 17.2 Å². The predicted octanol–water partition coefficient (Wildman–Crippen LogP) is 2.80. The second-order valence-electron chi connectivity index (χ2n) is 4.73. The smallest absolute Gasteiger partial charge is 0.355 e. The van der Waals surface area contributed by atoms with Gasteiger partial charge >= 0.3 is 5.97 Å². The number of nitriles is 1. The first kappa shape index (κ1) is 17.7. The van der Waals surface area contributed by atoms with E-state index < -0.39 is 5.97 Å². The molecule has 2 rings (SSSR count). The highest BCUT2D eigenvalue weighted by Gasteiger charge is 2.09. The molecule has 0 saturated heterocycles. The van der Waals surface area contributed by atoms with Crippen molar-refractivity contribution in [2.24, 2.45) is 0 Å². The molecule has 6 nitrogen and oxygen atoms in total. The Bertz CT molecular complexity index is 824. The van der Waals surface area contributed by atoms with E-state index in [1.165, 1.54) is 43.8 Å². The van der Waals surface area contributed by atoms with E-state index in [9.17, 15) is 14.4 Å². The minimum absolute atomic E-state index is 0.0653. The molecule has 0 fully saturated rings. The van der Waals surface area contributed by atoms with Gasteiger partial charge in [0.25, 0.3) is 0 Å². The Morgan fingerprint density at radius 3 is 2.60 bits per heavy atom. The molecule has 0 aliphatic carbocycles. The van der Waals surface area contributed by atoms with Gasteiger partial charge in [0.1, 0.15) is 17.6 Å². The van der Waals surface area contributed by atoms with Crippen molar-refractivity contribution in [2.45, 2.75) is 0 Å². The molecule has 0 aliphatic heterocycles. The average Bonchev–Trinajstić information content (AvgIpc) is 2.66. The number of pyridine rings is 1. The van der Waals surface area contributed by atoms with Crippen molar-refractivity contribution in [2.75, 3.05) is 12.4 Å². The zero-order chi connectivity index (χ0) is 18.1. The number of esters is 1. The van der Waals surface area contributed by atoms with Crippen LogP contribution in [-0.4, -0.2) is 18.1 Å². The zero-order valence-corrected chi connectivity index (χ0v) is 13.4. The second kappa shape index (κ2) is 8.84. The maximum absolute atomic E-state index is 12.9. The molecule has 2 aromatic rings. The van der Waals surface area contributed by atoms with Gasteiger partial charge in [0.2, 0.25) is 0 Å². The predicted molar refractivity (Wildman–Crippen MR) is 91.1 cm³/mol. The summed E-state index contributed by atoms with van der Waals surface area (Å²) < 4.78 is 17.6. The minimum Gasteiger partial charge on any atom is -0.464 e. The van der Waals surface area contributed by atoms with Gasteiger partial charge in [0.15, 0.2) is 0 Å². The molecule has 126 valence electrons. The fraction of sp³-hybridized carbons (Fsp3) is 0.0556. The lowest BCUT2D eigenvalue weighted by molar-refractivity contribution is -0.136. The van der Waals surface area contributed by atoms with Crippen molar-refractivity contribution in [3.05, 3.63) is 78.3 Å². The first-order chi connectivity index (χ1) is 12.1. The second-order valence-corrected chi connectivity index (χ2v) is 4.73. The van der Waals surface area contributed by atoms with Crippen molar-refractivity contribution in [3.8, 4) is 6.07 Å². The lowest BCUT2D eigenvalue weighted by atomic mass is 10.2. The number of nitrogens with zero attached hydrogens (tertiary/aromatic N) is 2. The first-order valence-corrected chi connectivity index (χ1v) is 7.23. The topological polar surface area (TPSA) is 87.0 Å². The van der Waals surface area contributed by atoms with Gasteiger partial charge in [-0.3, -0.25) is 4.98 Å². The third kappa shape index (κ3) is 5.18. The molecule has 0 aliphatic rings. The molecule has 7 heteroatoms. The van der Waals surface area contributed by atoms with Crippen LogP contribution in [0.1, 0.15) is 5.69 Å². The van der Waals surface area contributed by atoms with Crippen molar-refractivity contribution in [1.82, 2.24) is 10.3 Å². The Labute approximate surface area is 144 Å². The maximum Gasteiger partial charge on any atom is 0.355 e. The summed E-state index contributed by atoms with van der Waals surface area (Å²) in [5, 5.41) is 14.8. The van der Waals surface area contributed by atoms with Gasteiger partial charge in [-0.2, -0.15) is 5.26 Å². The van der Waals surface area contributed by atoms with Crippen LogP contribution >= 0.6 is 0 Å². The summed E-state index contributed by atoms with van der Waals surface area (Å²) >= 11 is 0. The Balaban J connectivity index is 2.18. The van der Waals surface area contributed by atoms with Gasteiger partial charge in [-0.05, 0) is 36.4 Å². The number of benzene rings is 1. The molecule has 0 atom stereocenters. The normalized spacial score (nSPS) is 11.4. The number of hydrogen-bond donors (Lipinski definition) is 2. The number of methoxy groups -OCH3 is 1. The van der Waals surface area contributed by atoms with Crippen molar-refractivity contribution in [1.29, 1.82) is 5.26 Å². The van der Waals surface area contributed by atoms with E-state index in [1.54, 1.807) is 24.4 Å². The van der Waals surface area contributed by atoms with E-state index in [2.05, 4.69) is 15.6 Å². The summed E-state index contributed by atoms with van der Waals surface area (Å²) in [6.45, 7) is 0. The number of hydrogen-bond acceptors (Lipinski definition) is 6. The van der Waals surface area contributed by atoms with Gasteiger partial charge in [-0.15, -0.1) is 0 Å². The standard InChI is InChI=1S/C18H15FN4O2/c1-25-18(24)17(12-22-15-7-5-14(19)6-8-15)23-11-13(10-20)16-4-2-3-9-21-16/h2-9,11-12,22-23H,1H3/b13-11-,17-12+. The fourth-order valence-corrected chi connectivity index (χ4v) is 1.81. The number of carbonyl (C=O) groups is 1. The van der Waals surface area contributed by atoms with Crippen LogP contribution in [0.3, 0.4) is 0 Å². The van der Waals surface area contributed by atoms with E-state index in [4.69, 9.17) is 4.74 Å². The number of rotatable bonds is 6. The van der Waals surface area contributed by atoms with E-state index in [0.717, 1.165) is 0 Å². The van der Waals surface area contributed by atoms with E-state index >= 15 is 0 Å². The van der Waals surface area contributed by atoms with Crippen LogP contribution < -0.4 is 10.6 Å². The van der Waals surface area contributed by atoms with Gasteiger partial charge in [-0.1, -0.05) is 6.07 Å². The molecule has 25 heavy (non-hydrogen) atoms. The fourth-order valence-electron chi connectivity index (χ4n) is 1.81. The number of aromatic nitrogens is 1. The van der Waals surface area contributed by atoms with Crippen LogP contribution in [0.2, 0.25) is 0 Å². The molecule has 0 radical (unpaired) electrons. The summed E-state index contributed by atoms with van der Waals surface area (Å²) in [5.41, 5.74) is 1.36. The number of allylic oxidation sites excluding steroid dienone is 1. The molecule has 0 unspecified atom stereocenters. The molecule has 0 saturated carbocycles. The van der Waals surface area contributed by atoms with Crippen LogP contribution in [0, 0.1) is 17.1 Å². The minimum atomic E-state index is -0.635. The zero-order valence-electron chi connectivity index (χ0n) is 13.4. The summed E-state index contributed by atoms with van der Waals surface area (Å²) in [7, 11) is 1.24. The highest BCUT2D eigenvalue weighted by Crippen LogP contribution is 2.11. The monoisotopic (exact) mass is 338 g/mol. The third-order valence-corrected chi connectivity index (χ3v) is 3.07. The Morgan fingerprint density at radius 1 is 1.24 bits per heavy atom. The Hall–Kier alpha value is -3.66. The van der Waals surface area contributed by atoms with Crippen LogP contribution in [0.15, 0.2) is 66.8 Å². The van der Waals surface area contributed by atoms with Gasteiger partial charge < -0.3 is 15.4 Å². The van der Waals surface area contributed by atoms with Gasteiger partial charge in [0, 0.05) is 24.3 Å². The van der Waals surface area contributed by atoms with E-state index in [1.807, 2.05) is 6.07 Å². The van der Waals surface area contributed by atoms with Crippen molar-refractivity contribution < 1.29 is 13.9 Å². The summed E-state index contributed by atoms with van der Waals surface area (Å²) in [6.07, 6.45) is 4.29. The Morgan fingerprint density at radius 2 is 2.00 bits per heavy atom. The molecule has 2 N–H and O–H groups in total. The van der Waals surface area contributed by atoms with Gasteiger partial charge in [-0.25, -0.2) is 9.18 Å². The quantitative estimate of drug-likeness (QED) is 0.478. The first-order valence-electron chi connectivity index (χ1n) is 7.23. The summed E-state index contributed by atoms with van der Waals surface area (Å²) in [5.74, 6) is -0.998. The van der Waals surface area contributed by atoms with Crippen LogP contribution in [0.25, 0.3) is 5.57 Å². The van der Waals surface area contributed by atoms with Crippen LogP contribution in [0.4, 0.5) is 10.1 Å². The van der Waals surface area contributed by atoms with E-state index in [-0.39, 0.29) is 17.1 Å². The van der Waals surface area contributed by atoms with Crippen LogP contribution in [-0.2, 0) is 9.53 Å². The number of ether oxygens (including phenoxy) is 1. The molecule has 1 aromatic carbocycles. The van der Waals surface area contributed by atoms with Gasteiger partial charge in [0.05, 0.1) is 18.4 Å². The van der Waals surface area contributed by atoms with Crippen molar-refractivity contribution in [3.63, 3.8) is 0 Å². The third-order valence-electron chi connectivity index (χ3n) is 3.07. The highest BCUT2D eigenvalue weighted by atomic mass is 19.1. The molecule has 1 aromatic heterocycles. The number of carbonyl (C=O) groups excluding carboxylic acids is 1. The van der Waals surface area contributed by atoms with Crippen LogP contribution in [0.5, 0.6) is 0 Å². The summed E-state index contributed by atoms with van der Waals surface area (Å²) in [6, 6.07) is 12.8. The maximum atomic E-state index is 12.9. The molecular formula is C18H15FN4O2. The summed E-state index contributed by atoms with van der Waals surface area (Å²) in [4.78, 5) is 15.9. The SMILES string of the molecule is COC(=O)/C(=C\Nc1ccc(F)cc1)N/C=C(/C#N)c1ccccn1. The molecule has 0 amide bonds. The molecular weight excluding hydrogens is 323 g/mol. The molecule has 1 heterocycles. The average molecular weight is 338 g/mol. The Kier molecular flexibility index (Phi) is 6.25. The lowest BCUT2D eigenvalue weighted by Gasteiger charge is -2.07. The molecule has 0 bridgehead atoms. The number of anilines is 1. The number of halogens is 1. The van der Waals surface area contributed by atoms with E-state index in [0.29, 0.717) is 11.4 Å².